The number of hydrogen-bond donors (Lipinski definition) is 1. The van der Waals surface area contributed by atoms with Crippen molar-refractivity contribution in [3.05, 3.63) is 43.0 Å². The van der Waals surface area contributed by atoms with Crippen LogP contribution < -0.4 is 15.0 Å². The molecule has 0 atom stereocenters. The molecule has 25 heavy (non-hydrogen) atoms. The van der Waals surface area contributed by atoms with E-state index in [4.69, 9.17) is 9.47 Å². The van der Waals surface area contributed by atoms with Crippen LogP contribution in [0.4, 0.5) is 5.69 Å². The van der Waals surface area contributed by atoms with Crippen molar-refractivity contribution in [3.8, 4) is 22.9 Å². The molecule has 0 bridgehead atoms. The first kappa shape index (κ1) is 16.9. The fraction of sp³-hybridized carbons (Fsp3) is 0.250. The minimum atomic E-state index is -0.549. The maximum atomic E-state index is 12.5. The van der Waals surface area contributed by atoms with E-state index in [1.54, 1.807) is 0 Å². The quantitative estimate of drug-likeness (QED) is 0.565. The van der Waals surface area contributed by atoms with E-state index >= 15 is 0 Å². The lowest BCUT2D eigenvalue weighted by Gasteiger charge is -2.10. The SMILES string of the molecule is COc1cc(-c2nc3sc(C)c(C)c3c(=O)[nH]2)c([N+](=O)[O-])cc1OC. The van der Waals surface area contributed by atoms with Crippen LogP contribution in [-0.2, 0) is 0 Å². The standard InChI is InChI=1S/C16H15N3O5S/c1-7-8(2)25-16-13(7)15(20)17-14(18-16)9-5-11(23-3)12(24-4)6-10(9)19(21)22/h5-6H,1-4H3,(H,17,18,20). The summed E-state index contributed by atoms with van der Waals surface area (Å²) in [5.41, 5.74) is 0.462. The number of hydrogen-bond acceptors (Lipinski definition) is 7. The number of methoxy groups -OCH3 is 2. The Morgan fingerprint density at radius 3 is 2.44 bits per heavy atom. The van der Waals surface area contributed by atoms with Gasteiger partial charge in [0.25, 0.3) is 11.2 Å². The predicted octanol–water partition coefficient (Wildman–Crippen LogP) is 3.19. The predicted molar refractivity (Wildman–Crippen MR) is 94.9 cm³/mol. The fourth-order valence-electron chi connectivity index (χ4n) is 2.59. The third-order valence-corrected chi connectivity index (χ3v) is 5.09. The van der Waals surface area contributed by atoms with Gasteiger partial charge < -0.3 is 14.5 Å². The van der Waals surface area contributed by atoms with Crippen LogP contribution in [0.15, 0.2) is 16.9 Å². The van der Waals surface area contributed by atoms with Crippen LogP contribution in [0, 0.1) is 24.0 Å². The van der Waals surface area contributed by atoms with E-state index in [1.807, 2.05) is 13.8 Å². The number of aromatic amines is 1. The van der Waals surface area contributed by atoms with Crippen molar-refractivity contribution in [3.63, 3.8) is 0 Å². The van der Waals surface area contributed by atoms with Crippen molar-refractivity contribution >= 4 is 27.2 Å². The summed E-state index contributed by atoms with van der Waals surface area (Å²) in [5, 5.41) is 12.0. The third kappa shape index (κ3) is 2.72. The number of nitro benzene ring substituents is 1. The smallest absolute Gasteiger partial charge is 0.284 e. The summed E-state index contributed by atoms with van der Waals surface area (Å²) in [4.78, 5) is 31.9. The van der Waals surface area contributed by atoms with Crippen molar-refractivity contribution in [1.29, 1.82) is 0 Å². The lowest BCUT2D eigenvalue weighted by Crippen LogP contribution is -2.10. The van der Waals surface area contributed by atoms with Crippen LogP contribution >= 0.6 is 11.3 Å². The van der Waals surface area contributed by atoms with E-state index in [1.165, 1.54) is 37.7 Å². The fourth-order valence-corrected chi connectivity index (χ4v) is 3.62. The summed E-state index contributed by atoms with van der Waals surface area (Å²) < 4.78 is 10.3. The molecule has 0 saturated heterocycles. The molecule has 1 N–H and O–H groups in total. The molecule has 8 nitrogen and oxygen atoms in total. The number of H-pyrrole nitrogens is 1. The number of aromatic nitrogens is 2. The lowest BCUT2D eigenvalue weighted by atomic mass is 10.1. The van der Waals surface area contributed by atoms with Crippen molar-refractivity contribution in [2.45, 2.75) is 13.8 Å². The molecular weight excluding hydrogens is 346 g/mol. The Bertz CT molecular complexity index is 1050. The van der Waals surface area contributed by atoms with Crippen molar-refractivity contribution in [2.24, 2.45) is 0 Å². The molecular formula is C16H15N3O5S. The normalized spacial score (nSPS) is 10.9. The van der Waals surface area contributed by atoms with Crippen LogP contribution in [0.3, 0.4) is 0 Å². The molecule has 0 spiro atoms. The van der Waals surface area contributed by atoms with Gasteiger partial charge in [0.2, 0.25) is 0 Å². The molecule has 0 amide bonds. The number of fused-ring (bicyclic) bond motifs is 1. The largest absolute Gasteiger partial charge is 0.493 e. The monoisotopic (exact) mass is 361 g/mol. The average Bonchev–Trinajstić information content (AvgIpc) is 2.88. The molecule has 0 fully saturated rings. The number of rotatable bonds is 4. The van der Waals surface area contributed by atoms with E-state index in [0.29, 0.717) is 16.0 Å². The van der Waals surface area contributed by atoms with Gasteiger partial charge in [-0.1, -0.05) is 0 Å². The van der Waals surface area contributed by atoms with Gasteiger partial charge in [0.1, 0.15) is 10.7 Å². The minimum Gasteiger partial charge on any atom is -0.493 e. The Balaban J connectivity index is 2.34. The summed E-state index contributed by atoms with van der Waals surface area (Å²) in [7, 11) is 2.82. The maximum Gasteiger partial charge on any atom is 0.284 e. The topological polar surface area (TPSA) is 107 Å². The molecule has 2 aromatic heterocycles. The van der Waals surface area contributed by atoms with Gasteiger partial charge in [0.05, 0.1) is 36.2 Å². The molecule has 0 aliphatic carbocycles. The van der Waals surface area contributed by atoms with E-state index in [-0.39, 0.29) is 28.4 Å². The Morgan fingerprint density at radius 2 is 1.84 bits per heavy atom. The third-order valence-electron chi connectivity index (χ3n) is 3.99. The number of aryl methyl sites for hydroxylation is 2. The molecule has 0 saturated carbocycles. The van der Waals surface area contributed by atoms with Crippen LogP contribution in [0.2, 0.25) is 0 Å². The van der Waals surface area contributed by atoms with Gasteiger partial charge in [0.15, 0.2) is 11.5 Å². The second-order valence-corrected chi connectivity index (χ2v) is 6.56. The molecule has 2 heterocycles. The zero-order chi connectivity index (χ0) is 18.3. The zero-order valence-corrected chi connectivity index (χ0v) is 14.8. The van der Waals surface area contributed by atoms with E-state index in [9.17, 15) is 14.9 Å². The average molecular weight is 361 g/mol. The van der Waals surface area contributed by atoms with Crippen LogP contribution in [-0.4, -0.2) is 29.1 Å². The molecule has 0 aliphatic heterocycles. The highest BCUT2D eigenvalue weighted by molar-refractivity contribution is 7.18. The number of thiophene rings is 1. The van der Waals surface area contributed by atoms with E-state index < -0.39 is 4.92 Å². The molecule has 3 aromatic rings. The molecule has 0 unspecified atom stereocenters. The van der Waals surface area contributed by atoms with Gasteiger partial charge in [-0.15, -0.1) is 11.3 Å². The number of benzene rings is 1. The zero-order valence-electron chi connectivity index (χ0n) is 14.0. The van der Waals surface area contributed by atoms with Crippen molar-refractivity contribution in [2.75, 3.05) is 14.2 Å². The molecule has 130 valence electrons. The summed E-state index contributed by atoms with van der Waals surface area (Å²) in [6.07, 6.45) is 0. The molecule has 0 aliphatic rings. The number of nitrogens with one attached hydrogen (secondary N) is 1. The Kier molecular flexibility index (Phi) is 4.17. The molecule has 3 rings (SSSR count). The summed E-state index contributed by atoms with van der Waals surface area (Å²) in [6.45, 7) is 3.75. The maximum absolute atomic E-state index is 12.5. The number of nitrogens with zero attached hydrogens (tertiary/aromatic N) is 2. The van der Waals surface area contributed by atoms with Crippen molar-refractivity contribution in [1.82, 2.24) is 9.97 Å². The summed E-state index contributed by atoms with van der Waals surface area (Å²) in [5.74, 6) is 0.653. The second kappa shape index (κ2) is 6.17. The molecule has 9 heteroatoms. The van der Waals surface area contributed by atoms with Crippen molar-refractivity contribution < 1.29 is 14.4 Å². The van der Waals surface area contributed by atoms with Crippen LogP contribution in [0.1, 0.15) is 10.4 Å². The Hall–Kier alpha value is -2.94. The van der Waals surface area contributed by atoms with Gasteiger partial charge in [0, 0.05) is 10.9 Å². The van der Waals surface area contributed by atoms with E-state index in [2.05, 4.69) is 9.97 Å². The molecule has 0 radical (unpaired) electrons. The van der Waals surface area contributed by atoms with Gasteiger partial charge in [-0.25, -0.2) is 4.98 Å². The van der Waals surface area contributed by atoms with Crippen LogP contribution in [0.25, 0.3) is 21.6 Å². The second-order valence-electron chi connectivity index (χ2n) is 5.36. The number of ether oxygens (including phenoxy) is 2. The highest BCUT2D eigenvalue weighted by Gasteiger charge is 2.23. The van der Waals surface area contributed by atoms with Crippen LogP contribution in [0.5, 0.6) is 11.5 Å². The highest BCUT2D eigenvalue weighted by atomic mass is 32.1. The Morgan fingerprint density at radius 1 is 1.20 bits per heavy atom. The first-order valence-electron chi connectivity index (χ1n) is 7.28. The minimum absolute atomic E-state index is 0.117. The van der Waals surface area contributed by atoms with E-state index in [0.717, 1.165) is 10.4 Å². The number of nitro groups is 1. The summed E-state index contributed by atoms with van der Waals surface area (Å²) in [6, 6.07) is 2.69. The first-order valence-corrected chi connectivity index (χ1v) is 8.09. The Labute approximate surface area is 146 Å². The summed E-state index contributed by atoms with van der Waals surface area (Å²) >= 11 is 1.38. The first-order chi connectivity index (χ1) is 11.9. The lowest BCUT2D eigenvalue weighted by molar-refractivity contribution is -0.384. The van der Waals surface area contributed by atoms with Gasteiger partial charge >= 0.3 is 0 Å². The van der Waals surface area contributed by atoms with Gasteiger partial charge in [-0.05, 0) is 19.4 Å². The molecule has 1 aromatic carbocycles. The highest BCUT2D eigenvalue weighted by Crippen LogP contribution is 2.39. The van der Waals surface area contributed by atoms with Gasteiger partial charge in [-0.2, -0.15) is 0 Å². The van der Waals surface area contributed by atoms with Gasteiger partial charge in [-0.3, -0.25) is 14.9 Å².